The van der Waals surface area contributed by atoms with Crippen LogP contribution in [0, 0.1) is 0 Å². The molecular formula is C14H20ClN3O. The van der Waals surface area contributed by atoms with Crippen LogP contribution in [0.5, 0.6) is 0 Å². The zero-order valence-corrected chi connectivity index (χ0v) is 12.0. The largest absolute Gasteiger partial charge is 0.322 e. The summed E-state index contributed by atoms with van der Waals surface area (Å²) in [6, 6.07) is 3.40. The Morgan fingerprint density at radius 2 is 2.05 bits per heavy atom. The van der Waals surface area contributed by atoms with Gasteiger partial charge in [-0.1, -0.05) is 24.4 Å². The molecule has 1 N–H and O–H groups in total. The number of amides is 1. The van der Waals surface area contributed by atoms with Crippen molar-refractivity contribution in [1.82, 2.24) is 9.88 Å². The SMILES string of the molecule is C[C@@H](C(=O)Nc1cccnc1Cl)N1CCCCCC1. The summed E-state index contributed by atoms with van der Waals surface area (Å²) in [5.74, 6) is -0.0169. The highest BCUT2D eigenvalue weighted by Crippen LogP contribution is 2.19. The summed E-state index contributed by atoms with van der Waals surface area (Å²) in [5.41, 5.74) is 0.579. The van der Waals surface area contributed by atoms with Gasteiger partial charge in [0.2, 0.25) is 5.91 Å². The van der Waals surface area contributed by atoms with Crippen LogP contribution in [0.2, 0.25) is 5.15 Å². The summed E-state index contributed by atoms with van der Waals surface area (Å²) in [4.78, 5) is 18.4. The van der Waals surface area contributed by atoms with E-state index in [0.717, 1.165) is 13.1 Å². The van der Waals surface area contributed by atoms with Gasteiger partial charge in [0.25, 0.3) is 0 Å². The summed E-state index contributed by atoms with van der Waals surface area (Å²) in [5, 5.41) is 3.18. The van der Waals surface area contributed by atoms with Crippen molar-refractivity contribution in [3.8, 4) is 0 Å². The number of anilines is 1. The fourth-order valence-electron chi connectivity index (χ4n) is 2.36. The van der Waals surface area contributed by atoms with Gasteiger partial charge >= 0.3 is 0 Å². The first-order chi connectivity index (χ1) is 9.18. The molecule has 0 unspecified atom stereocenters. The van der Waals surface area contributed by atoms with Crippen LogP contribution in [0.4, 0.5) is 5.69 Å². The highest BCUT2D eigenvalue weighted by molar-refractivity contribution is 6.32. The van der Waals surface area contributed by atoms with E-state index >= 15 is 0 Å². The summed E-state index contributed by atoms with van der Waals surface area (Å²) >= 11 is 5.95. The van der Waals surface area contributed by atoms with Gasteiger partial charge in [0.05, 0.1) is 11.7 Å². The van der Waals surface area contributed by atoms with Gasteiger partial charge in [-0.15, -0.1) is 0 Å². The van der Waals surface area contributed by atoms with Gasteiger partial charge < -0.3 is 5.32 Å². The first kappa shape index (κ1) is 14.3. The molecule has 1 aromatic heterocycles. The second-order valence-electron chi connectivity index (χ2n) is 4.96. The predicted molar refractivity (Wildman–Crippen MR) is 77.4 cm³/mol. The van der Waals surface area contributed by atoms with Crippen molar-refractivity contribution < 1.29 is 4.79 Å². The number of nitrogens with one attached hydrogen (secondary N) is 1. The summed E-state index contributed by atoms with van der Waals surface area (Å²) in [6.45, 7) is 3.94. The standard InChI is InChI=1S/C14H20ClN3O/c1-11(18-9-4-2-3-5-10-18)14(19)17-12-7-6-8-16-13(12)15/h6-8,11H,2-5,9-10H2,1H3,(H,17,19)/t11-/m0/s1. The highest BCUT2D eigenvalue weighted by Gasteiger charge is 2.22. The fourth-order valence-corrected chi connectivity index (χ4v) is 2.53. The molecule has 5 heteroatoms. The summed E-state index contributed by atoms with van der Waals surface area (Å²) in [6.07, 6.45) is 6.48. The molecule has 19 heavy (non-hydrogen) atoms. The van der Waals surface area contributed by atoms with E-state index in [-0.39, 0.29) is 11.9 Å². The molecule has 0 radical (unpaired) electrons. The summed E-state index contributed by atoms with van der Waals surface area (Å²) < 4.78 is 0. The number of nitrogens with zero attached hydrogens (tertiary/aromatic N) is 2. The lowest BCUT2D eigenvalue weighted by Crippen LogP contribution is -2.42. The van der Waals surface area contributed by atoms with E-state index in [0.29, 0.717) is 10.8 Å². The second kappa shape index (κ2) is 6.87. The van der Waals surface area contributed by atoms with Gasteiger partial charge in [-0.25, -0.2) is 4.98 Å². The van der Waals surface area contributed by atoms with Crippen LogP contribution in [0.15, 0.2) is 18.3 Å². The Hall–Kier alpha value is -1.13. The molecule has 4 nitrogen and oxygen atoms in total. The van der Waals surface area contributed by atoms with E-state index in [4.69, 9.17) is 11.6 Å². The Morgan fingerprint density at radius 1 is 1.37 bits per heavy atom. The minimum absolute atomic E-state index is 0.0169. The van der Waals surface area contributed by atoms with E-state index in [1.54, 1.807) is 18.3 Å². The molecule has 1 aliphatic rings. The van der Waals surface area contributed by atoms with Crippen LogP contribution in [-0.2, 0) is 4.79 Å². The van der Waals surface area contributed by atoms with Gasteiger partial charge in [0.15, 0.2) is 5.15 Å². The molecule has 1 saturated heterocycles. The Balaban J connectivity index is 1.97. The lowest BCUT2D eigenvalue weighted by molar-refractivity contribution is -0.120. The molecule has 2 heterocycles. The maximum Gasteiger partial charge on any atom is 0.241 e. The Labute approximate surface area is 119 Å². The lowest BCUT2D eigenvalue weighted by atomic mass is 10.2. The van der Waals surface area contributed by atoms with Crippen LogP contribution in [0.3, 0.4) is 0 Å². The third kappa shape index (κ3) is 3.91. The van der Waals surface area contributed by atoms with Gasteiger partial charge in [-0.3, -0.25) is 9.69 Å². The zero-order valence-electron chi connectivity index (χ0n) is 11.2. The van der Waals surface area contributed by atoms with E-state index in [9.17, 15) is 4.79 Å². The molecule has 2 rings (SSSR count). The van der Waals surface area contributed by atoms with Crippen molar-refractivity contribution in [3.63, 3.8) is 0 Å². The van der Waals surface area contributed by atoms with E-state index in [1.165, 1.54) is 25.7 Å². The number of carbonyl (C=O) groups is 1. The first-order valence-electron chi connectivity index (χ1n) is 6.84. The van der Waals surface area contributed by atoms with Crippen molar-refractivity contribution in [2.24, 2.45) is 0 Å². The Bertz CT molecular complexity index is 430. The minimum Gasteiger partial charge on any atom is -0.322 e. The number of pyridine rings is 1. The van der Waals surface area contributed by atoms with Gasteiger partial charge in [-0.2, -0.15) is 0 Å². The molecule has 0 aromatic carbocycles. The van der Waals surface area contributed by atoms with Crippen LogP contribution < -0.4 is 5.32 Å². The zero-order chi connectivity index (χ0) is 13.7. The van der Waals surface area contributed by atoms with Crippen molar-refractivity contribution in [2.45, 2.75) is 38.6 Å². The first-order valence-corrected chi connectivity index (χ1v) is 7.21. The van der Waals surface area contributed by atoms with E-state index in [2.05, 4.69) is 15.2 Å². The third-order valence-electron chi connectivity index (χ3n) is 3.58. The number of carbonyl (C=O) groups excluding carboxylic acids is 1. The quantitative estimate of drug-likeness (QED) is 0.867. The number of rotatable bonds is 3. The molecule has 104 valence electrons. The Morgan fingerprint density at radius 3 is 2.68 bits per heavy atom. The third-order valence-corrected chi connectivity index (χ3v) is 3.89. The number of hydrogen-bond donors (Lipinski definition) is 1. The van der Waals surface area contributed by atoms with Gasteiger partial charge in [-0.05, 0) is 45.0 Å². The Kier molecular flexibility index (Phi) is 5.16. The van der Waals surface area contributed by atoms with Crippen molar-refractivity contribution in [1.29, 1.82) is 0 Å². The van der Waals surface area contributed by atoms with Gasteiger partial charge in [0.1, 0.15) is 0 Å². The highest BCUT2D eigenvalue weighted by atomic mass is 35.5. The second-order valence-corrected chi connectivity index (χ2v) is 5.32. The maximum absolute atomic E-state index is 12.2. The summed E-state index contributed by atoms with van der Waals surface area (Å²) in [7, 11) is 0. The van der Waals surface area contributed by atoms with E-state index < -0.39 is 0 Å². The van der Waals surface area contributed by atoms with Crippen LogP contribution in [-0.4, -0.2) is 34.9 Å². The van der Waals surface area contributed by atoms with Crippen LogP contribution in [0.25, 0.3) is 0 Å². The fraction of sp³-hybridized carbons (Fsp3) is 0.571. The van der Waals surface area contributed by atoms with Crippen molar-refractivity contribution in [3.05, 3.63) is 23.5 Å². The number of likely N-dealkylation sites (tertiary alicyclic amines) is 1. The molecule has 1 fully saturated rings. The molecule has 0 saturated carbocycles. The molecule has 1 atom stereocenters. The molecule has 1 aliphatic heterocycles. The topological polar surface area (TPSA) is 45.2 Å². The predicted octanol–water partition coefficient (Wildman–Crippen LogP) is 2.94. The minimum atomic E-state index is -0.130. The van der Waals surface area contributed by atoms with Crippen molar-refractivity contribution in [2.75, 3.05) is 18.4 Å². The number of hydrogen-bond acceptors (Lipinski definition) is 3. The lowest BCUT2D eigenvalue weighted by Gasteiger charge is -2.26. The molecule has 0 spiro atoms. The average molecular weight is 282 g/mol. The van der Waals surface area contributed by atoms with E-state index in [1.807, 2.05) is 6.92 Å². The molecule has 1 amide bonds. The van der Waals surface area contributed by atoms with Gasteiger partial charge in [0, 0.05) is 6.20 Å². The molecular weight excluding hydrogens is 262 g/mol. The van der Waals surface area contributed by atoms with Crippen LogP contribution >= 0.6 is 11.6 Å². The smallest absolute Gasteiger partial charge is 0.241 e. The molecule has 0 bridgehead atoms. The monoisotopic (exact) mass is 281 g/mol. The maximum atomic E-state index is 12.2. The molecule has 1 aromatic rings. The molecule has 0 aliphatic carbocycles. The number of halogens is 1. The van der Waals surface area contributed by atoms with Crippen LogP contribution in [0.1, 0.15) is 32.6 Å². The normalized spacial score (nSPS) is 18.6. The number of aromatic nitrogens is 1. The van der Waals surface area contributed by atoms with Crippen molar-refractivity contribution >= 4 is 23.2 Å². The average Bonchev–Trinajstić information content (AvgIpc) is 2.69.